The average molecular weight is 339 g/mol. The smallest absolute Gasteiger partial charge is 0.416 e. The molecule has 1 aliphatic rings. The molecule has 124 valence electrons. The number of halogens is 4. The van der Waals surface area contributed by atoms with Crippen LogP contribution in [0, 0.1) is 0 Å². The molecule has 1 unspecified atom stereocenters. The normalized spacial score (nSPS) is 17.7. The first kappa shape index (κ1) is 18.6. The number of ether oxygens (including phenoxy) is 1. The van der Waals surface area contributed by atoms with Crippen LogP contribution in [0.2, 0.25) is 0 Å². The maximum absolute atomic E-state index is 12.4. The fraction of sp³-hybridized carbons (Fsp3) is 0.500. The summed E-state index contributed by atoms with van der Waals surface area (Å²) in [6.07, 6.45) is -2.24. The molecular weight excluding hydrogens is 321 g/mol. The van der Waals surface area contributed by atoms with E-state index in [4.69, 9.17) is 4.74 Å². The first-order valence-electron chi connectivity index (χ1n) is 6.75. The molecule has 1 atom stereocenters. The van der Waals surface area contributed by atoms with Crippen molar-refractivity contribution in [2.75, 3.05) is 19.7 Å². The average Bonchev–Trinajstić information content (AvgIpc) is 2.95. The molecule has 1 saturated heterocycles. The second-order valence-corrected chi connectivity index (χ2v) is 4.91. The second kappa shape index (κ2) is 8.24. The van der Waals surface area contributed by atoms with Crippen molar-refractivity contribution in [3.05, 3.63) is 29.8 Å². The van der Waals surface area contributed by atoms with Gasteiger partial charge in [0.05, 0.1) is 5.56 Å². The van der Waals surface area contributed by atoms with Crippen LogP contribution < -0.4 is 15.4 Å². The topological polar surface area (TPSA) is 50.4 Å². The molecule has 2 rings (SSSR count). The zero-order chi connectivity index (χ0) is 15.3. The van der Waals surface area contributed by atoms with Gasteiger partial charge in [-0.1, -0.05) is 0 Å². The fourth-order valence-electron chi connectivity index (χ4n) is 2.11. The number of nitrogens with one attached hydrogen (secondary N) is 2. The predicted molar refractivity (Wildman–Crippen MR) is 78.2 cm³/mol. The minimum atomic E-state index is -4.37. The first-order valence-corrected chi connectivity index (χ1v) is 6.75. The Morgan fingerprint density at radius 3 is 2.55 bits per heavy atom. The number of carbonyl (C=O) groups is 1. The van der Waals surface area contributed by atoms with Crippen molar-refractivity contribution in [1.29, 1.82) is 0 Å². The van der Waals surface area contributed by atoms with Crippen LogP contribution in [0.15, 0.2) is 24.3 Å². The van der Waals surface area contributed by atoms with Crippen molar-refractivity contribution < 1.29 is 22.7 Å². The third-order valence-corrected chi connectivity index (χ3v) is 3.26. The number of hydrogen-bond donors (Lipinski definition) is 2. The van der Waals surface area contributed by atoms with Crippen LogP contribution in [0.1, 0.15) is 18.4 Å². The van der Waals surface area contributed by atoms with Crippen molar-refractivity contribution >= 4 is 18.3 Å². The SMILES string of the molecule is Cl.O=C(COc1ccc(C(F)(F)F)cc1)NCC1CCCN1. The molecule has 0 bridgehead atoms. The summed E-state index contributed by atoms with van der Waals surface area (Å²) in [4.78, 5) is 11.6. The molecule has 0 aromatic heterocycles. The van der Waals surface area contributed by atoms with E-state index in [1.807, 2.05) is 0 Å². The third-order valence-electron chi connectivity index (χ3n) is 3.26. The third kappa shape index (κ3) is 5.73. The second-order valence-electron chi connectivity index (χ2n) is 4.91. The first-order chi connectivity index (χ1) is 9.95. The number of rotatable bonds is 5. The van der Waals surface area contributed by atoms with Gasteiger partial charge in [-0.3, -0.25) is 4.79 Å². The molecule has 1 fully saturated rings. The Morgan fingerprint density at radius 2 is 2.00 bits per heavy atom. The highest BCUT2D eigenvalue weighted by molar-refractivity contribution is 5.85. The molecule has 0 aliphatic carbocycles. The van der Waals surface area contributed by atoms with Gasteiger partial charge < -0.3 is 15.4 Å². The lowest BCUT2D eigenvalue weighted by Crippen LogP contribution is -2.39. The molecule has 0 spiro atoms. The summed E-state index contributed by atoms with van der Waals surface area (Å²) in [5, 5.41) is 5.97. The van der Waals surface area contributed by atoms with Gasteiger partial charge in [-0.05, 0) is 43.7 Å². The standard InChI is InChI=1S/C14H17F3N2O2.ClH/c15-14(16,17)10-3-5-12(6-4-10)21-9-13(20)19-8-11-2-1-7-18-11;/h3-6,11,18H,1-2,7-9H2,(H,19,20);1H. The van der Waals surface area contributed by atoms with E-state index in [0.717, 1.165) is 31.5 Å². The maximum atomic E-state index is 12.4. The largest absolute Gasteiger partial charge is 0.484 e. The molecule has 22 heavy (non-hydrogen) atoms. The highest BCUT2D eigenvalue weighted by atomic mass is 35.5. The quantitative estimate of drug-likeness (QED) is 0.866. The Morgan fingerprint density at radius 1 is 1.32 bits per heavy atom. The van der Waals surface area contributed by atoms with E-state index in [1.165, 1.54) is 12.1 Å². The van der Waals surface area contributed by atoms with E-state index in [0.29, 0.717) is 12.6 Å². The van der Waals surface area contributed by atoms with Gasteiger partial charge in [-0.2, -0.15) is 13.2 Å². The Hall–Kier alpha value is -1.47. The van der Waals surface area contributed by atoms with E-state index in [9.17, 15) is 18.0 Å². The van der Waals surface area contributed by atoms with Crippen molar-refractivity contribution in [3.63, 3.8) is 0 Å². The van der Waals surface area contributed by atoms with Gasteiger partial charge in [-0.25, -0.2) is 0 Å². The highest BCUT2D eigenvalue weighted by Gasteiger charge is 2.30. The Labute approximate surface area is 132 Å². The van der Waals surface area contributed by atoms with E-state index < -0.39 is 11.7 Å². The summed E-state index contributed by atoms with van der Waals surface area (Å²) in [7, 11) is 0. The van der Waals surface area contributed by atoms with Crippen LogP contribution in [0.4, 0.5) is 13.2 Å². The summed E-state index contributed by atoms with van der Waals surface area (Å²) in [6, 6.07) is 4.55. The van der Waals surface area contributed by atoms with Crippen molar-refractivity contribution in [2.24, 2.45) is 0 Å². The zero-order valence-corrected chi connectivity index (χ0v) is 12.6. The molecule has 1 amide bonds. The Bertz CT molecular complexity index is 474. The lowest BCUT2D eigenvalue weighted by atomic mass is 10.2. The van der Waals surface area contributed by atoms with Crippen LogP contribution >= 0.6 is 12.4 Å². The summed E-state index contributed by atoms with van der Waals surface area (Å²) < 4.78 is 42.3. The van der Waals surface area contributed by atoms with Gasteiger partial charge in [0.1, 0.15) is 5.75 Å². The fourth-order valence-corrected chi connectivity index (χ4v) is 2.11. The van der Waals surface area contributed by atoms with Crippen LogP contribution in [0.5, 0.6) is 5.75 Å². The van der Waals surface area contributed by atoms with E-state index in [1.54, 1.807) is 0 Å². The number of amides is 1. The molecule has 2 N–H and O–H groups in total. The van der Waals surface area contributed by atoms with Gasteiger partial charge in [0.15, 0.2) is 6.61 Å². The van der Waals surface area contributed by atoms with E-state index >= 15 is 0 Å². The van der Waals surface area contributed by atoms with Crippen molar-refractivity contribution in [3.8, 4) is 5.75 Å². The highest BCUT2D eigenvalue weighted by Crippen LogP contribution is 2.30. The zero-order valence-electron chi connectivity index (χ0n) is 11.8. The molecule has 1 aromatic carbocycles. The number of hydrogen-bond acceptors (Lipinski definition) is 3. The number of carbonyl (C=O) groups excluding carboxylic acids is 1. The summed E-state index contributed by atoms with van der Waals surface area (Å²) >= 11 is 0. The molecule has 0 radical (unpaired) electrons. The van der Waals surface area contributed by atoms with Crippen molar-refractivity contribution in [2.45, 2.75) is 25.1 Å². The van der Waals surface area contributed by atoms with Gasteiger partial charge in [0.25, 0.3) is 5.91 Å². The van der Waals surface area contributed by atoms with Gasteiger partial charge >= 0.3 is 6.18 Å². The molecular formula is C14H18ClF3N2O2. The van der Waals surface area contributed by atoms with Crippen LogP contribution in [0.3, 0.4) is 0 Å². The van der Waals surface area contributed by atoms with Crippen LogP contribution in [0.25, 0.3) is 0 Å². The molecule has 1 heterocycles. The minimum Gasteiger partial charge on any atom is -0.484 e. The summed E-state index contributed by atoms with van der Waals surface area (Å²) in [5.74, 6) is -0.0549. The lowest BCUT2D eigenvalue weighted by molar-refractivity contribution is -0.137. The van der Waals surface area contributed by atoms with Crippen LogP contribution in [-0.4, -0.2) is 31.6 Å². The van der Waals surface area contributed by atoms with E-state index in [-0.39, 0.29) is 30.7 Å². The number of alkyl halides is 3. The minimum absolute atomic E-state index is 0. The molecule has 1 aromatic rings. The van der Waals surface area contributed by atoms with Crippen LogP contribution in [-0.2, 0) is 11.0 Å². The number of benzene rings is 1. The Balaban J connectivity index is 0.00000242. The lowest BCUT2D eigenvalue weighted by Gasteiger charge is -2.12. The van der Waals surface area contributed by atoms with Crippen molar-refractivity contribution in [1.82, 2.24) is 10.6 Å². The van der Waals surface area contributed by atoms with Gasteiger partial charge in [-0.15, -0.1) is 12.4 Å². The van der Waals surface area contributed by atoms with E-state index in [2.05, 4.69) is 10.6 Å². The monoisotopic (exact) mass is 338 g/mol. The molecule has 0 saturated carbocycles. The summed E-state index contributed by atoms with van der Waals surface area (Å²) in [6.45, 7) is 1.29. The predicted octanol–water partition coefficient (Wildman–Crippen LogP) is 2.37. The Kier molecular flexibility index (Phi) is 6.96. The maximum Gasteiger partial charge on any atom is 0.416 e. The summed E-state index contributed by atoms with van der Waals surface area (Å²) in [5.41, 5.74) is -0.744. The molecule has 4 nitrogen and oxygen atoms in total. The van der Waals surface area contributed by atoms with Gasteiger partial charge in [0, 0.05) is 12.6 Å². The molecule has 8 heteroatoms. The molecule has 1 aliphatic heterocycles. The van der Waals surface area contributed by atoms with Gasteiger partial charge in [0.2, 0.25) is 0 Å².